The van der Waals surface area contributed by atoms with E-state index in [1.165, 1.54) is 6.21 Å². The van der Waals surface area contributed by atoms with Gasteiger partial charge in [-0.2, -0.15) is 10.1 Å². The maximum atomic E-state index is 12.7. The molecule has 0 spiro atoms. The van der Waals surface area contributed by atoms with E-state index in [0.717, 1.165) is 17.0 Å². The molecule has 2 fully saturated rings. The largest absolute Gasteiger partial charge is 0.487 e. The first kappa shape index (κ1) is 19.3. The normalized spacial score (nSPS) is 26.8. The van der Waals surface area contributed by atoms with Gasteiger partial charge in [0.05, 0.1) is 23.1 Å². The molecule has 2 aliphatic carbocycles. The molecular formula is C23H18Cl2N2O3. The zero-order valence-electron chi connectivity index (χ0n) is 15.9. The lowest BCUT2D eigenvalue weighted by Gasteiger charge is -2.13. The molecule has 152 valence electrons. The Morgan fingerprint density at radius 1 is 1.00 bits per heavy atom. The van der Waals surface area contributed by atoms with Gasteiger partial charge in [-0.1, -0.05) is 53.6 Å². The molecule has 1 saturated carbocycles. The van der Waals surface area contributed by atoms with Gasteiger partial charge in [0, 0.05) is 10.6 Å². The summed E-state index contributed by atoms with van der Waals surface area (Å²) in [6.07, 6.45) is 6.50. The number of hydrogen-bond donors (Lipinski definition) is 0. The van der Waals surface area contributed by atoms with Gasteiger partial charge >= 0.3 is 0 Å². The molecule has 0 radical (unpaired) electrons. The molecule has 2 bridgehead atoms. The maximum absolute atomic E-state index is 12.7. The van der Waals surface area contributed by atoms with Crippen LogP contribution in [-0.2, 0) is 16.2 Å². The predicted octanol–water partition coefficient (Wildman–Crippen LogP) is 4.71. The number of halogens is 2. The van der Waals surface area contributed by atoms with Gasteiger partial charge in [0.25, 0.3) is 11.8 Å². The van der Waals surface area contributed by atoms with Crippen molar-refractivity contribution in [1.29, 1.82) is 0 Å². The monoisotopic (exact) mass is 440 g/mol. The summed E-state index contributed by atoms with van der Waals surface area (Å²) in [6, 6.07) is 12.6. The number of ether oxygens (including phenoxy) is 1. The fraction of sp³-hybridized carbons (Fsp3) is 0.261. The minimum absolute atomic E-state index is 0.167. The van der Waals surface area contributed by atoms with Crippen LogP contribution in [0.3, 0.4) is 0 Å². The van der Waals surface area contributed by atoms with E-state index in [1.807, 2.05) is 18.2 Å². The number of imide groups is 1. The van der Waals surface area contributed by atoms with E-state index in [4.69, 9.17) is 27.9 Å². The molecule has 2 aromatic carbocycles. The van der Waals surface area contributed by atoms with E-state index >= 15 is 0 Å². The third kappa shape index (κ3) is 3.22. The standard InChI is InChI=1S/C23H18Cl2N2O3/c24-17-4-2-1-3-16(17)12-30-19-8-5-13(9-18(19)25)11-26-27-22(28)20-14-6-7-15(10-14)21(20)23(27)29/h1-9,11,14-15,20-21H,10,12H2. The Bertz CT molecular complexity index is 1070. The Kier molecular flexibility index (Phi) is 4.88. The summed E-state index contributed by atoms with van der Waals surface area (Å²) in [5, 5.41) is 6.24. The summed E-state index contributed by atoms with van der Waals surface area (Å²) < 4.78 is 5.77. The van der Waals surface area contributed by atoms with E-state index in [0.29, 0.717) is 28.0 Å². The second-order valence-electron chi connectivity index (χ2n) is 7.80. The van der Waals surface area contributed by atoms with Crippen molar-refractivity contribution in [3.8, 4) is 5.75 Å². The first-order valence-electron chi connectivity index (χ1n) is 9.79. The third-order valence-corrected chi connectivity index (χ3v) is 6.73. The van der Waals surface area contributed by atoms with E-state index < -0.39 is 0 Å². The number of hydrazone groups is 1. The number of allylic oxidation sites excluding steroid dienone is 2. The third-order valence-electron chi connectivity index (χ3n) is 6.07. The summed E-state index contributed by atoms with van der Waals surface area (Å²) in [4.78, 5) is 25.4. The highest BCUT2D eigenvalue weighted by Crippen LogP contribution is 2.52. The second kappa shape index (κ2) is 7.56. The number of benzene rings is 2. The average Bonchev–Trinajstić information content (AvgIpc) is 3.41. The smallest absolute Gasteiger partial charge is 0.254 e. The highest BCUT2D eigenvalue weighted by molar-refractivity contribution is 6.32. The number of carbonyl (C=O) groups excluding carboxylic acids is 2. The minimum Gasteiger partial charge on any atom is -0.487 e. The zero-order chi connectivity index (χ0) is 20.8. The summed E-state index contributed by atoms with van der Waals surface area (Å²) >= 11 is 12.5. The molecule has 2 aromatic rings. The van der Waals surface area contributed by atoms with Gasteiger partial charge < -0.3 is 4.74 Å². The predicted molar refractivity (Wildman–Crippen MR) is 114 cm³/mol. The topological polar surface area (TPSA) is 59.0 Å². The highest BCUT2D eigenvalue weighted by atomic mass is 35.5. The minimum atomic E-state index is -0.256. The van der Waals surface area contributed by atoms with Crippen molar-refractivity contribution in [2.45, 2.75) is 13.0 Å². The van der Waals surface area contributed by atoms with Crippen LogP contribution in [-0.4, -0.2) is 23.0 Å². The highest BCUT2D eigenvalue weighted by Gasteiger charge is 2.59. The summed E-state index contributed by atoms with van der Waals surface area (Å²) in [5.74, 6) is -0.0732. The van der Waals surface area contributed by atoms with Crippen molar-refractivity contribution in [2.24, 2.45) is 28.8 Å². The molecule has 30 heavy (non-hydrogen) atoms. The molecule has 0 N–H and O–H groups in total. The molecule has 7 heteroatoms. The molecule has 4 atom stereocenters. The lowest BCUT2D eigenvalue weighted by atomic mass is 9.85. The Labute approximate surface area is 183 Å². The molecular weight excluding hydrogens is 423 g/mol. The maximum Gasteiger partial charge on any atom is 0.254 e. The number of carbonyl (C=O) groups is 2. The van der Waals surface area contributed by atoms with Crippen LogP contribution >= 0.6 is 23.2 Å². The van der Waals surface area contributed by atoms with Crippen LogP contribution in [0.25, 0.3) is 0 Å². The van der Waals surface area contributed by atoms with Crippen molar-refractivity contribution in [3.63, 3.8) is 0 Å². The van der Waals surface area contributed by atoms with Gasteiger partial charge in [-0.3, -0.25) is 9.59 Å². The van der Waals surface area contributed by atoms with E-state index in [-0.39, 0.29) is 35.5 Å². The van der Waals surface area contributed by atoms with E-state index in [1.54, 1.807) is 24.3 Å². The van der Waals surface area contributed by atoms with Crippen LogP contribution < -0.4 is 4.74 Å². The van der Waals surface area contributed by atoms with Crippen LogP contribution in [0.15, 0.2) is 59.7 Å². The number of nitrogens with zero attached hydrogens (tertiary/aromatic N) is 2. The van der Waals surface area contributed by atoms with Crippen molar-refractivity contribution >= 4 is 41.2 Å². The first-order chi connectivity index (χ1) is 14.5. The first-order valence-corrected chi connectivity index (χ1v) is 10.5. The Morgan fingerprint density at radius 3 is 2.37 bits per heavy atom. The molecule has 5 rings (SSSR count). The van der Waals surface area contributed by atoms with Gasteiger partial charge in [-0.15, -0.1) is 0 Å². The molecule has 2 amide bonds. The van der Waals surface area contributed by atoms with Crippen molar-refractivity contribution in [1.82, 2.24) is 5.01 Å². The van der Waals surface area contributed by atoms with Crippen LogP contribution in [0.4, 0.5) is 0 Å². The van der Waals surface area contributed by atoms with Crippen LogP contribution in [0.1, 0.15) is 17.5 Å². The van der Waals surface area contributed by atoms with Crippen molar-refractivity contribution in [2.75, 3.05) is 0 Å². The number of amides is 2. The number of hydrogen-bond acceptors (Lipinski definition) is 4. The number of fused-ring (bicyclic) bond motifs is 5. The van der Waals surface area contributed by atoms with Gasteiger partial charge in [0.1, 0.15) is 12.4 Å². The second-order valence-corrected chi connectivity index (χ2v) is 8.62. The van der Waals surface area contributed by atoms with Gasteiger partial charge in [0.15, 0.2) is 0 Å². The zero-order valence-corrected chi connectivity index (χ0v) is 17.4. The molecule has 1 aliphatic heterocycles. The lowest BCUT2D eigenvalue weighted by Crippen LogP contribution is -2.28. The van der Waals surface area contributed by atoms with Crippen LogP contribution in [0.2, 0.25) is 10.0 Å². The van der Waals surface area contributed by atoms with E-state index in [2.05, 4.69) is 17.3 Å². The van der Waals surface area contributed by atoms with Gasteiger partial charge in [0.2, 0.25) is 0 Å². The number of rotatable bonds is 5. The van der Waals surface area contributed by atoms with E-state index in [9.17, 15) is 9.59 Å². The summed E-state index contributed by atoms with van der Waals surface area (Å²) in [6.45, 7) is 0.294. The van der Waals surface area contributed by atoms with Gasteiger partial charge in [-0.25, -0.2) is 0 Å². The molecule has 5 nitrogen and oxygen atoms in total. The molecule has 1 saturated heterocycles. The SMILES string of the molecule is O=C1C2C3C=CC(C3)C2C(=O)N1N=Cc1ccc(OCc2ccccc2Cl)c(Cl)c1. The lowest BCUT2D eigenvalue weighted by molar-refractivity contribution is -0.140. The molecule has 1 heterocycles. The quantitative estimate of drug-likeness (QED) is 0.384. The molecule has 0 aromatic heterocycles. The fourth-order valence-electron chi connectivity index (χ4n) is 4.61. The molecule has 3 aliphatic rings. The van der Waals surface area contributed by atoms with Crippen LogP contribution in [0.5, 0.6) is 5.75 Å². The average molecular weight is 441 g/mol. The van der Waals surface area contributed by atoms with Crippen LogP contribution in [0, 0.1) is 23.7 Å². The Morgan fingerprint density at radius 2 is 1.70 bits per heavy atom. The van der Waals surface area contributed by atoms with Gasteiger partial charge in [-0.05, 0) is 48.1 Å². The fourth-order valence-corrected chi connectivity index (χ4v) is 5.04. The Balaban J connectivity index is 1.27. The van der Waals surface area contributed by atoms with Crippen molar-refractivity contribution < 1.29 is 14.3 Å². The summed E-state index contributed by atoms with van der Waals surface area (Å²) in [5.41, 5.74) is 1.53. The van der Waals surface area contributed by atoms with Crippen molar-refractivity contribution in [3.05, 3.63) is 75.8 Å². The molecule has 4 unspecified atom stereocenters. The summed E-state index contributed by atoms with van der Waals surface area (Å²) in [7, 11) is 0. The Hall–Kier alpha value is -2.63.